The lowest BCUT2D eigenvalue weighted by Gasteiger charge is -1.94. The number of benzene rings is 1. The van der Waals surface area contributed by atoms with E-state index in [0.29, 0.717) is 6.42 Å². The zero-order chi connectivity index (χ0) is 10.7. The van der Waals surface area contributed by atoms with E-state index in [1.165, 1.54) is 11.1 Å². The Labute approximate surface area is 94.1 Å². The average Bonchev–Trinajstić information content (AvgIpc) is 2.59. The number of fused-ring (bicyclic) bond motifs is 1. The van der Waals surface area contributed by atoms with Gasteiger partial charge in [-0.3, -0.25) is 4.79 Å². The first-order valence-electron chi connectivity index (χ1n) is 5.04. The maximum Gasteiger partial charge on any atom is 0.185 e. The van der Waals surface area contributed by atoms with Gasteiger partial charge in [-0.25, -0.2) is 0 Å². The fraction of sp³-hybridized carbons (Fsp3) is 0.250. The van der Waals surface area contributed by atoms with E-state index in [0.717, 1.165) is 18.4 Å². The van der Waals surface area contributed by atoms with Crippen LogP contribution in [-0.4, -0.2) is 10.1 Å². The largest absolute Gasteiger partial charge is 0.358 e. The number of aryl methyl sites for hydroxylation is 1. The van der Waals surface area contributed by atoms with E-state index in [-0.39, 0.29) is 5.12 Å². The highest BCUT2D eigenvalue weighted by atomic mass is 32.1. The SMILES string of the molecule is O=C(S)CCCc1cc2ccccc2[nH]1. The van der Waals surface area contributed by atoms with Gasteiger partial charge in [-0.15, -0.1) is 12.6 Å². The molecule has 0 atom stereocenters. The lowest BCUT2D eigenvalue weighted by atomic mass is 10.2. The number of hydrogen-bond donors (Lipinski definition) is 2. The highest BCUT2D eigenvalue weighted by molar-refractivity contribution is 7.96. The summed E-state index contributed by atoms with van der Waals surface area (Å²) in [7, 11) is 0. The summed E-state index contributed by atoms with van der Waals surface area (Å²) in [5.74, 6) is 0. The van der Waals surface area contributed by atoms with E-state index in [4.69, 9.17) is 0 Å². The Morgan fingerprint density at radius 2 is 2.13 bits per heavy atom. The van der Waals surface area contributed by atoms with E-state index in [2.05, 4.69) is 35.8 Å². The molecule has 2 rings (SSSR count). The van der Waals surface area contributed by atoms with Crippen LogP contribution in [0.25, 0.3) is 10.9 Å². The Hall–Kier alpha value is -1.22. The Morgan fingerprint density at radius 1 is 1.33 bits per heavy atom. The fourth-order valence-corrected chi connectivity index (χ4v) is 1.86. The van der Waals surface area contributed by atoms with Gasteiger partial charge < -0.3 is 4.98 Å². The molecule has 0 unspecified atom stereocenters. The molecule has 0 amide bonds. The van der Waals surface area contributed by atoms with Crippen molar-refractivity contribution in [3.05, 3.63) is 36.0 Å². The van der Waals surface area contributed by atoms with Crippen molar-refractivity contribution in [2.24, 2.45) is 0 Å². The highest BCUT2D eigenvalue weighted by Gasteiger charge is 2.00. The summed E-state index contributed by atoms with van der Waals surface area (Å²) in [5.41, 5.74) is 2.34. The van der Waals surface area contributed by atoms with Crippen molar-refractivity contribution in [3.63, 3.8) is 0 Å². The van der Waals surface area contributed by atoms with E-state index < -0.39 is 0 Å². The highest BCUT2D eigenvalue weighted by Crippen LogP contribution is 2.16. The standard InChI is InChI=1S/C12H13NOS/c14-12(15)7-3-5-10-8-9-4-1-2-6-11(9)13-10/h1-2,4,6,8,13H,3,5,7H2,(H,14,15). The van der Waals surface area contributed by atoms with Gasteiger partial charge in [0.15, 0.2) is 5.12 Å². The Bertz CT molecular complexity index is 442. The second-order valence-corrected chi connectivity index (χ2v) is 4.13. The minimum atomic E-state index is -0.0360. The van der Waals surface area contributed by atoms with E-state index in [9.17, 15) is 4.79 Å². The molecule has 0 fully saturated rings. The molecule has 0 spiro atoms. The maximum atomic E-state index is 10.7. The number of rotatable bonds is 4. The van der Waals surface area contributed by atoms with Crippen molar-refractivity contribution in [3.8, 4) is 0 Å². The first kappa shape index (κ1) is 10.3. The number of para-hydroxylation sites is 1. The van der Waals surface area contributed by atoms with Crippen LogP contribution in [-0.2, 0) is 11.2 Å². The molecule has 0 bridgehead atoms. The van der Waals surface area contributed by atoms with E-state index >= 15 is 0 Å². The summed E-state index contributed by atoms with van der Waals surface area (Å²) in [5, 5.41) is 1.19. The molecule has 0 aliphatic rings. The van der Waals surface area contributed by atoms with Gasteiger partial charge in [0.05, 0.1) is 0 Å². The van der Waals surface area contributed by atoms with Gasteiger partial charge in [0, 0.05) is 17.6 Å². The van der Waals surface area contributed by atoms with Gasteiger partial charge >= 0.3 is 0 Å². The van der Waals surface area contributed by atoms with Crippen LogP contribution < -0.4 is 0 Å². The molecule has 0 saturated heterocycles. The topological polar surface area (TPSA) is 32.9 Å². The predicted molar refractivity (Wildman–Crippen MR) is 65.2 cm³/mol. The van der Waals surface area contributed by atoms with Gasteiger partial charge in [-0.05, 0) is 30.4 Å². The van der Waals surface area contributed by atoms with Crippen molar-refractivity contribution in [1.29, 1.82) is 0 Å². The molecule has 1 heterocycles. The normalized spacial score (nSPS) is 10.7. The Balaban J connectivity index is 2.05. The van der Waals surface area contributed by atoms with E-state index in [1.54, 1.807) is 0 Å². The summed E-state index contributed by atoms with van der Waals surface area (Å²) in [6, 6.07) is 10.3. The Morgan fingerprint density at radius 3 is 2.87 bits per heavy atom. The maximum absolute atomic E-state index is 10.7. The molecule has 1 aromatic carbocycles. The summed E-state index contributed by atoms with van der Waals surface area (Å²) >= 11 is 3.75. The monoisotopic (exact) mass is 219 g/mol. The molecule has 0 saturated carbocycles. The van der Waals surface area contributed by atoms with Crippen LogP contribution in [0, 0.1) is 0 Å². The van der Waals surface area contributed by atoms with Crippen LogP contribution in [0.15, 0.2) is 30.3 Å². The molecule has 0 radical (unpaired) electrons. The van der Waals surface area contributed by atoms with Gasteiger partial charge in [0.2, 0.25) is 0 Å². The molecule has 2 aromatic rings. The van der Waals surface area contributed by atoms with Crippen molar-refractivity contribution in [1.82, 2.24) is 4.98 Å². The van der Waals surface area contributed by atoms with Crippen LogP contribution >= 0.6 is 12.6 Å². The van der Waals surface area contributed by atoms with E-state index in [1.807, 2.05) is 12.1 Å². The minimum Gasteiger partial charge on any atom is -0.358 e. The summed E-state index contributed by atoms with van der Waals surface area (Å²) in [6.07, 6.45) is 2.30. The smallest absolute Gasteiger partial charge is 0.185 e. The van der Waals surface area contributed by atoms with Crippen molar-refractivity contribution < 1.29 is 4.79 Å². The third-order valence-electron chi connectivity index (χ3n) is 2.42. The second kappa shape index (κ2) is 4.53. The average molecular weight is 219 g/mol. The molecule has 0 aliphatic carbocycles. The second-order valence-electron chi connectivity index (χ2n) is 3.63. The summed E-state index contributed by atoms with van der Waals surface area (Å²) in [4.78, 5) is 14.0. The predicted octanol–water partition coefficient (Wildman–Crippen LogP) is 2.95. The molecule has 2 nitrogen and oxygen atoms in total. The molecule has 1 N–H and O–H groups in total. The number of carbonyl (C=O) groups excluding carboxylic acids is 1. The van der Waals surface area contributed by atoms with Crippen molar-refractivity contribution in [2.75, 3.05) is 0 Å². The summed E-state index contributed by atoms with van der Waals surface area (Å²) < 4.78 is 0. The minimum absolute atomic E-state index is 0.0360. The van der Waals surface area contributed by atoms with Gasteiger partial charge in [-0.1, -0.05) is 18.2 Å². The van der Waals surface area contributed by atoms with Crippen LogP contribution in [0.4, 0.5) is 0 Å². The molecule has 15 heavy (non-hydrogen) atoms. The number of H-pyrrole nitrogens is 1. The van der Waals surface area contributed by atoms with Crippen molar-refractivity contribution >= 4 is 28.6 Å². The number of nitrogens with one attached hydrogen (secondary N) is 1. The van der Waals surface area contributed by atoms with Crippen LogP contribution in [0.3, 0.4) is 0 Å². The number of aromatic nitrogens is 1. The number of aromatic amines is 1. The molecular weight excluding hydrogens is 206 g/mol. The fourth-order valence-electron chi connectivity index (χ4n) is 1.70. The first-order chi connectivity index (χ1) is 7.25. The molecule has 0 aliphatic heterocycles. The molecular formula is C12H13NOS. The van der Waals surface area contributed by atoms with Crippen LogP contribution in [0.5, 0.6) is 0 Å². The third-order valence-corrected chi connectivity index (χ3v) is 2.65. The lowest BCUT2D eigenvalue weighted by molar-refractivity contribution is -0.110. The quantitative estimate of drug-likeness (QED) is 0.761. The zero-order valence-corrected chi connectivity index (χ0v) is 9.26. The van der Waals surface area contributed by atoms with Gasteiger partial charge in [0.1, 0.15) is 0 Å². The number of thiol groups is 1. The number of carbonyl (C=O) groups is 1. The van der Waals surface area contributed by atoms with Crippen LogP contribution in [0.2, 0.25) is 0 Å². The summed E-state index contributed by atoms with van der Waals surface area (Å²) in [6.45, 7) is 0. The Kier molecular flexibility index (Phi) is 3.11. The molecule has 1 aromatic heterocycles. The molecule has 78 valence electrons. The lowest BCUT2D eigenvalue weighted by Crippen LogP contribution is -1.90. The number of hydrogen-bond acceptors (Lipinski definition) is 1. The first-order valence-corrected chi connectivity index (χ1v) is 5.49. The van der Waals surface area contributed by atoms with Gasteiger partial charge in [0.25, 0.3) is 0 Å². The third kappa shape index (κ3) is 2.63. The van der Waals surface area contributed by atoms with Crippen molar-refractivity contribution in [2.45, 2.75) is 19.3 Å². The zero-order valence-electron chi connectivity index (χ0n) is 8.36. The molecule has 3 heteroatoms. The van der Waals surface area contributed by atoms with Crippen LogP contribution in [0.1, 0.15) is 18.5 Å². The van der Waals surface area contributed by atoms with Gasteiger partial charge in [-0.2, -0.15) is 0 Å².